The second-order valence-corrected chi connectivity index (χ2v) is 4.37. The third kappa shape index (κ3) is 2.24. The third-order valence-corrected chi connectivity index (χ3v) is 2.95. The zero-order valence-electron chi connectivity index (χ0n) is 10.0. The fraction of sp³-hybridized carbons (Fsp3) is 0.231. The minimum atomic E-state index is -0.905. The van der Waals surface area contributed by atoms with Gasteiger partial charge in [-0.3, -0.25) is 4.79 Å². The highest BCUT2D eigenvalue weighted by Gasteiger charge is 2.14. The van der Waals surface area contributed by atoms with Crippen LogP contribution in [0.4, 0.5) is 0 Å². The van der Waals surface area contributed by atoms with Gasteiger partial charge in [-0.15, -0.1) is 0 Å². The van der Waals surface area contributed by atoms with Gasteiger partial charge in [-0.05, 0) is 24.6 Å². The number of hydrogen-bond donors (Lipinski definition) is 1. The van der Waals surface area contributed by atoms with Gasteiger partial charge in [-0.2, -0.15) is 0 Å². The third-order valence-electron chi connectivity index (χ3n) is 2.65. The molecule has 0 bridgehead atoms. The summed E-state index contributed by atoms with van der Waals surface area (Å²) in [7, 11) is 1.55. The van der Waals surface area contributed by atoms with Gasteiger partial charge in [0.15, 0.2) is 0 Å². The molecule has 0 radical (unpaired) electrons. The summed E-state index contributed by atoms with van der Waals surface area (Å²) in [6.07, 6.45) is -0.0923. The quantitative estimate of drug-likeness (QED) is 0.927. The molecule has 0 saturated heterocycles. The molecule has 0 fully saturated rings. The Labute approximate surface area is 109 Å². The Bertz CT molecular complexity index is 625. The first-order valence-electron chi connectivity index (χ1n) is 5.37. The largest absolute Gasteiger partial charge is 0.494 e. The molecule has 1 aromatic carbocycles. The minimum absolute atomic E-state index is 0.0923. The molecule has 0 spiro atoms. The molecule has 5 heteroatoms. The first kappa shape index (κ1) is 12.6. The summed E-state index contributed by atoms with van der Waals surface area (Å²) in [6.45, 7) is 1.83. The molecule has 1 heterocycles. The molecule has 0 aliphatic rings. The molecule has 0 aliphatic heterocycles. The fourth-order valence-electron chi connectivity index (χ4n) is 1.93. The van der Waals surface area contributed by atoms with Crippen LogP contribution in [0, 0.1) is 6.92 Å². The van der Waals surface area contributed by atoms with E-state index in [-0.39, 0.29) is 6.42 Å². The normalized spacial score (nSPS) is 10.6. The van der Waals surface area contributed by atoms with E-state index in [4.69, 9.17) is 21.4 Å². The van der Waals surface area contributed by atoms with E-state index in [0.717, 1.165) is 5.69 Å². The van der Waals surface area contributed by atoms with Crippen molar-refractivity contribution in [2.45, 2.75) is 13.3 Å². The molecule has 0 unspecified atom stereocenters. The molecule has 94 valence electrons. The van der Waals surface area contributed by atoms with Gasteiger partial charge in [0.05, 0.1) is 18.6 Å². The van der Waals surface area contributed by atoms with Crippen LogP contribution in [0.2, 0.25) is 5.02 Å². The van der Waals surface area contributed by atoms with E-state index in [1.165, 1.54) is 0 Å². The molecular weight excluding hydrogens is 254 g/mol. The van der Waals surface area contributed by atoms with Crippen LogP contribution in [0.25, 0.3) is 10.9 Å². The summed E-state index contributed by atoms with van der Waals surface area (Å²) in [5, 5.41) is 10.0. The average Bonchev–Trinajstić information content (AvgIpc) is 2.27. The van der Waals surface area contributed by atoms with Crippen molar-refractivity contribution in [2.75, 3.05) is 7.11 Å². The van der Waals surface area contributed by atoms with Crippen LogP contribution in [-0.4, -0.2) is 23.2 Å². The number of ether oxygens (including phenoxy) is 1. The molecule has 0 amide bonds. The van der Waals surface area contributed by atoms with Gasteiger partial charge in [0, 0.05) is 11.1 Å². The first-order valence-corrected chi connectivity index (χ1v) is 5.75. The van der Waals surface area contributed by atoms with Crippen LogP contribution in [0.15, 0.2) is 18.2 Å². The van der Waals surface area contributed by atoms with Crippen LogP contribution < -0.4 is 4.74 Å². The van der Waals surface area contributed by atoms with E-state index in [1.807, 2.05) is 6.92 Å². The van der Waals surface area contributed by atoms with Gasteiger partial charge in [0.25, 0.3) is 0 Å². The van der Waals surface area contributed by atoms with E-state index >= 15 is 0 Å². The summed E-state index contributed by atoms with van der Waals surface area (Å²) in [4.78, 5) is 15.2. The van der Waals surface area contributed by atoms with Crippen molar-refractivity contribution in [1.82, 2.24) is 4.98 Å². The second-order valence-electron chi connectivity index (χ2n) is 3.97. The van der Waals surface area contributed by atoms with Gasteiger partial charge in [-0.25, -0.2) is 4.98 Å². The predicted molar refractivity (Wildman–Crippen MR) is 69.4 cm³/mol. The van der Waals surface area contributed by atoms with E-state index < -0.39 is 5.97 Å². The topological polar surface area (TPSA) is 59.4 Å². The Morgan fingerprint density at radius 1 is 1.50 bits per heavy atom. The van der Waals surface area contributed by atoms with E-state index in [9.17, 15) is 4.79 Å². The summed E-state index contributed by atoms with van der Waals surface area (Å²) in [5.41, 5.74) is 2.00. The number of aliphatic carboxylic acids is 1. The van der Waals surface area contributed by atoms with Crippen LogP contribution in [0.1, 0.15) is 11.3 Å². The minimum Gasteiger partial charge on any atom is -0.494 e. The highest BCUT2D eigenvalue weighted by atomic mass is 35.5. The van der Waals surface area contributed by atoms with E-state index in [2.05, 4.69) is 4.98 Å². The number of carboxylic acid groups (broad SMARTS) is 1. The maximum atomic E-state index is 10.9. The monoisotopic (exact) mass is 265 g/mol. The number of hydrogen-bond acceptors (Lipinski definition) is 3. The van der Waals surface area contributed by atoms with E-state index in [0.29, 0.717) is 27.2 Å². The maximum absolute atomic E-state index is 10.9. The van der Waals surface area contributed by atoms with Gasteiger partial charge in [-0.1, -0.05) is 17.7 Å². The number of aromatic nitrogens is 1. The molecule has 0 aliphatic carbocycles. The standard InChI is InChI=1S/C13H12ClNO3/c1-7-5-9(14)12-8(6-11(16)17)3-4-10(18-2)13(12)15-7/h3-5H,6H2,1-2H3,(H,16,17). The van der Waals surface area contributed by atoms with Crippen molar-refractivity contribution in [3.05, 3.63) is 34.5 Å². The number of benzene rings is 1. The number of nitrogens with zero attached hydrogens (tertiary/aromatic N) is 1. The molecule has 4 nitrogen and oxygen atoms in total. The summed E-state index contributed by atoms with van der Waals surface area (Å²) in [6, 6.07) is 5.14. The van der Waals surface area contributed by atoms with Crippen LogP contribution >= 0.6 is 11.6 Å². The maximum Gasteiger partial charge on any atom is 0.307 e. The lowest BCUT2D eigenvalue weighted by atomic mass is 10.0. The second kappa shape index (κ2) is 4.82. The summed E-state index contributed by atoms with van der Waals surface area (Å²) < 4.78 is 5.23. The predicted octanol–water partition coefficient (Wildman–Crippen LogP) is 2.83. The average molecular weight is 266 g/mol. The van der Waals surface area contributed by atoms with Crippen molar-refractivity contribution in [3.63, 3.8) is 0 Å². The Morgan fingerprint density at radius 2 is 2.22 bits per heavy atom. The van der Waals surface area contributed by atoms with Gasteiger partial charge in [0.2, 0.25) is 0 Å². The number of aryl methyl sites for hydroxylation is 1. The molecule has 1 N–H and O–H groups in total. The fourth-order valence-corrected chi connectivity index (χ4v) is 2.30. The molecule has 0 atom stereocenters. The zero-order chi connectivity index (χ0) is 13.3. The van der Waals surface area contributed by atoms with Gasteiger partial charge >= 0.3 is 5.97 Å². The molecule has 2 rings (SSSR count). The first-order chi connectivity index (χ1) is 8.52. The lowest BCUT2D eigenvalue weighted by Gasteiger charge is -2.10. The smallest absolute Gasteiger partial charge is 0.307 e. The van der Waals surface area contributed by atoms with Crippen molar-refractivity contribution in [1.29, 1.82) is 0 Å². The number of carboxylic acids is 1. The van der Waals surface area contributed by atoms with Crippen molar-refractivity contribution in [3.8, 4) is 5.75 Å². The van der Waals surface area contributed by atoms with Gasteiger partial charge in [0.1, 0.15) is 11.3 Å². The van der Waals surface area contributed by atoms with Crippen LogP contribution in [-0.2, 0) is 11.2 Å². The number of halogens is 1. The summed E-state index contributed by atoms with van der Waals surface area (Å²) in [5.74, 6) is -0.317. The Hall–Kier alpha value is -1.81. The summed E-state index contributed by atoms with van der Waals surface area (Å²) >= 11 is 6.19. The highest BCUT2D eigenvalue weighted by Crippen LogP contribution is 2.33. The number of carbonyl (C=O) groups is 1. The number of methoxy groups -OCH3 is 1. The van der Waals surface area contributed by atoms with Crippen molar-refractivity contribution < 1.29 is 14.6 Å². The Morgan fingerprint density at radius 3 is 2.83 bits per heavy atom. The van der Waals surface area contributed by atoms with E-state index in [1.54, 1.807) is 25.3 Å². The molecular formula is C13H12ClNO3. The SMILES string of the molecule is COc1ccc(CC(=O)O)c2c(Cl)cc(C)nc12. The Kier molecular flexibility index (Phi) is 3.39. The van der Waals surface area contributed by atoms with Crippen LogP contribution in [0.5, 0.6) is 5.75 Å². The molecule has 18 heavy (non-hydrogen) atoms. The lowest BCUT2D eigenvalue weighted by molar-refractivity contribution is -0.136. The lowest BCUT2D eigenvalue weighted by Crippen LogP contribution is -2.02. The highest BCUT2D eigenvalue weighted by molar-refractivity contribution is 6.36. The number of fused-ring (bicyclic) bond motifs is 1. The van der Waals surface area contributed by atoms with Gasteiger partial charge < -0.3 is 9.84 Å². The number of rotatable bonds is 3. The Balaban J connectivity index is 2.79. The molecule has 1 aromatic heterocycles. The zero-order valence-corrected chi connectivity index (χ0v) is 10.8. The molecule has 0 saturated carbocycles. The van der Waals surface area contributed by atoms with Crippen molar-refractivity contribution in [2.24, 2.45) is 0 Å². The van der Waals surface area contributed by atoms with Crippen molar-refractivity contribution >= 4 is 28.5 Å². The number of pyridine rings is 1. The van der Waals surface area contributed by atoms with Crippen LogP contribution in [0.3, 0.4) is 0 Å². The molecule has 2 aromatic rings.